The normalized spacial score (nSPS) is 9.83. The van der Waals surface area contributed by atoms with Crippen LogP contribution in [-0.2, 0) is 0 Å². The molecule has 3 rings (SSSR count). The molecule has 0 aromatic heterocycles. The number of hydrogen-bond donors (Lipinski definition) is 6. The van der Waals surface area contributed by atoms with Gasteiger partial charge in [0.2, 0.25) is 34.5 Å². The molecular weight excluding hydrogens is 312 g/mol. The Labute approximate surface area is 137 Å². The minimum atomic E-state index is -1.09. The summed E-state index contributed by atoms with van der Waals surface area (Å²) in [4.78, 5) is 0. The highest BCUT2D eigenvalue weighted by Crippen LogP contribution is 2.54. The van der Waals surface area contributed by atoms with E-state index in [9.17, 15) is 0 Å². The molecule has 3 aromatic carbocycles. The van der Waals surface area contributed by atoms with E-state index in [-0.39, 0.29) is 0 Å². The first kappa shape index (κ1) is 16.8. The molecule has 0 saturated carbocycles. The Morgan fingerprint density at radius 2 is 0.542 bits per heavy atom. The first-order chi connectivity index (χ1) is 11.4. The van der Waals surface area contributed by atoms with Gasteiger partial charge >= 0.3 is 0 Å². The number of aromatic hydroxyl groups is 6. The zero-order valence-electron chi connectivity index (χ0n) is 12.5. The van der Waals surface area contributed by atoms with E-state index in [2.05, 4.69) is 48.5 Å². The summed E-state index contributed by atoms with van der Waals surface area (Å²) >= 11 is 0. The highest BCUT2D eigenvalue weighted by molar-refractivity contribution is 5.70. The van der Waals surface area contributed by atoms with Crippen molar-refractivity contribution in [2.24, 2.45) is 0 Å². The van der Waals surface area contributed by atoms with Crippen molar-refractivity contribution in [3.05, 3.63) is 60.7 Å². The molecule has 24 heavy (non-hydrogen) atoms. The minimum Gasteiger partial charge on any atom is -0.502 e. The van der Waals surface area contributed by atoms with Crippen LogP contribution in [0.15, 0.2) is 60.7 Å². The van der Waals surface area contributed by atoms with Gasteiger partial charge in [-0.05, 0) is 11.1 Å². The van der Waals surface area contributed by atoms with Crippen molar-refractivity contribution >= 4 is 0 Å². The van der Waals surface area contributed by atoms with Gasteiger partial charge in [0.05, 0.1) is 0 Å². The molecule has 6 nitrogen and oxygen atoms in total. The number of phenols is 6. The summed E-state index contributed by atoms with van der Waals surface area (Å²) < 4.78 is 0. The van der Waals surface area contributed by atoms with Gasteiger partial charge in [0.15, 0.2) is 0 Å². The van der Waals surface area contributed by atoms with Crippen LogP contribution >= 0.6 is 0 Å². The van der Waals surface area contributed by atoms with Crippen LogP contribution in [-0.4, -0.2) is 30.6 Å². The summed E-state index contributed by atoms with van der Waals surface area (Å²) in [5.74, 6) is -6.57. The van der Waals surface area contributed by atoms with Crippen molar-refractivity contribution in [2.45, 2.75) is 0 Å². The van der Waals surface area contributed by atoms with Gasteiger partial charge in [0.1, 0.15) is 0 Å². The molecular formula is C18H16O6. The lowest BCUT2D eigenvalue weighted by molar-refractivity contribution is 0.303. The van der Waals surface area contributed by atoms with Gasteiger partial charge in [-0.15, -0.1) is 0 Å². The SMILES string of the molecule is Oc1c(O)c(O)c(O)c(O)c1O.c1ccc(-c2ccccc2)cc1. The molecule has 3 aromatic rings. The van der Waals surface area contributed by atoms with Crippen LogP contribution in [0, 0.1) is 0 Å². The van der Waals surface area contributed by atoms with E-state index in [0.717, 1.165) is 0 Å². The minimum absolute atomic E-state index is 1.09. The second-order valence-corrected chi connectivity index (χ2v) is 4.82. The molecule has 0 bridgehead atoms. The molecule has 0 heterocycles. The van der Waals surface area contributed by atoms with Crippen LogP contribution in [0.4, 0.5) is 0 Å². The zero-order valence-corrected chi connectivity index (χ0v) is 12.5. The first-order valence-corrected chi connectivity index (χ1v) is 6.91. The maximum atomic E-state index is 8.76. The third-order valence-corrected chi connectivity index (χ3v) is 3.23. The summed E-state index contributed by atoms with van der Waals surface area (Å²) in [6.07, 6.45) is 0. The molecule has 0 fully saturated rings. The summed E-state index contributed by atoms with van der Waals surface area (Å²) in [5.41, 5.74) is 2.55. The van der Waals surface area contributed by atoms with Crippen LogP contribution in [0.3, 0.4) is 0 Å². The smallest absolute Gasteiger partial charge is 0.208 e. The van der Waals surface area contributed by atoms with Crippen molar-refractivity contribution < 1.29 is 30.6 Å². The second kappa shape index (κ2) is 7.15. The van der Waals surface area contributed by atoms with Crippen molar-refractivity contribution in [3.63, 3.8) is 0 Å². The summed E-state index contributed by atoms with van der Waals surface area (Å²) in [7, 11) is 0. The van der Waals surface area contributed by atoms with E-state index in [1.165, 1.54) is 11.1 Å². The Morgan fingerprint density at radius 3 is 0.750 bits per heavy atom. The van der Waals surface area contributed by atoms with Gasteiger partial charge < -0.3 is 30.6 Å². The fraction of sp³-hybridized carbons (Fsp3) is 0. The average Bonchev–Trinajstić information content (AvgIpc) is 2.65. The Balaban J connectivity index is 0.000000174. The van der Waals surface area contributed by atoms with Crippen molar-refractivity contribution in [1.82, 2.24) is 0 Å². The van der Waals surface area contributed by atoms with Gasteiger partial charge in [-0.25, -0.2) is 0 Å². The van der Waals surface area contributed by atoms with Crippen molar-refractivity contribution in [3.8, 4) is 45.6 Å². The van der Waals surface area contributed by atoms with Gasteiger partial charge in [-0.2, -0.15) is 0 Å². The molecule has 0 spiro atoms. The average molecular weight is 328 g/mol. The molecule has 0 saturated heterocycles. The standard InChI is InChI=1S/C12H10.C6H6O6/c1-3-7-11(8-4-1)12-9-5-2-6-10-12;7-1-2(8)4(10)6(12)5(11)3(1)9/h1-10H;7-12H. The lowest BCUT2D eigenvalue weighted by Crippen LogP contribution is -1.77. The molecule has 0 atom stereocenters. The van der Waals surface area contributed by atoms with E-state index in [1.807, 2.05) is 12.1 Å². The zero-order chi connectivity index (χ0) is 17.7. The van der Waals surface area contributed by atoms with E-state index in [0.29, 0.717) is 0 Å². The molecule has 124 valence electrons. The molecule has 0 aliphatic carbocycles. The predicted molar refractivity (Wildman–Crippen MR) is 88.3 cm³/mol. The molecule has 0 radical (unpaired) electrons. The monoisotopic (exact) mass is 328 g/mol. The Bertz CT molecular complexity index is 673. The lowest BCUT2D eigenvalue weighted by Gasteiger charge is -2.06. The van der Waals surface area contributed by atoms with Gasteiger partial charge in [0, 0.05) is 0 Å². The van der Waals surface area contributed by atoms with Crippen LogP contribution < -0.4 is 0 Å². The number of benzene rings is 3. The topological polar surface area (TPSA) is 121 Å². The Kier molecular flexibility index (Phi) is 5.01. The van der Waals surface area contributed by atoms with Crippen molar-refractivity contribution in [2.75, 3.05) is 0 Å². The Morgan fingerprint density at radius 1 is 0.333 bits per heavy atom. The van der Waals surface area contributed by atoms with Crippen molar-refractivity contribution in [1.29, 1.82) is 0 Å². The fourth-order valence-electron chi connectivity index (χ4n) is 1.93. The van der Waals surface area contributed by atoms with Gasteiger partial charge in [-0.1, -0.05) is 60.7 Å². The molecule has 6 heteroatoms. The second-order valence-electron chi connectivity index (χ2n) is 4.82. The maximum absolute atomic E-state index is 8.76. The van der Waals surface area contributed by atoms with Gasteiger partial charge in [-0.3, -0.25) is 0 Å². The number of phenolic OH excluding ortho intramolecular Hbond substituents is 6. The van der Waals surface area contributed by atoms with E-state index in [1.54, 1.807) is 0 Å². The van der Waals surface area contributed by atoms with Crippen LogP contribution in [0.2, 0.25) is 0 Å². The third kappa shape index (κ3) is 3.44. The molecule has 0 aliphatic rings. The van der Waals surface area contributed by atoms with Crippen LogP contribution in [0.1, 0.15) is 0 Å². The first-order valence-electron chi connectivity index (χ1n) is 6.91. The Hall–Kier alpha value is -3.54. The predicted octanol–water partition coefficient (Wildman–Crippen LogP) is 3.27. The maximum Gasteiger partial charge on any atom is 0.208 e. The number of rotatable bonds is 1. The lowest BCUT2D eigenvalue weighted by atomic mass is 10.1. The highest BCUT2D eigenvalue weighted by Gasteiger charge is 2.22. The van der Waals surface area contributed by atoms with E-state index >= 15 is 0 Å². The van der Waals surface area contributed by atoms with Crippen LogP contribution in [0.5, 0.6) is 34.5 Å². The van der Waals surface area contributed by atoms with Crippen LogP contribution in [0.25, 0.3) is 11.1 Å². The van der Waals surface area contributed by atoms with Gasteiger partial charge in [0.25, 0.3) is 0 Å². The molecule has 0 unspecified atom stereocenters. The summed E-state index contributed by atoms with van der Waals surface area (Å²) in [5, 5.41) is 52.6. The highest BCUT2D eigenvalue weighted by atomic mass is 16.4. The fourth-order valence-corrected chi connectivity index (χ4v) is 1.93. The van der Waals surface area contributed by atoms with E-state index < -0.39 is 34.5 Å². The largest absolute Gasteiger partial charge is 0.502 e. The number of hydrogen-bond acceptors (Lipinski definition) is 6. The third-order valence-electron chi connectivity index (χ3n) is 3.23. The quantitative estimate of drug-likeness (QED) is 0.301. The summed E-state index contributed by atoms with van der Waals surface area (Å²) in [6.45, 7) is 0. The van der Waals surface area contributed by atoms with E-state index in [4.69, 9.17) is 30.6 Å². The molecule has 0 amide bonds. The molecule has 6 N–H and O–H groups in total. The summed E-state index contributed by atoms with van der Waals surface area (Å²) in [6, 6.07) is 20.8. The molecule has 0 aliphatic heterocycles.